The van der Waals surface area contributed by atoms with Gasteiger partial charge in [0.15, 0.2) is 0 Å². The molecule has 4 heterocycles. The Bertz CT molecular complexity index is 1130. The van der Waals surface area contributed by atoms with Gasteiger partial charge >= 0.3 is 0 Å². The van der Waals surface area contributed by atoms with Crippen molar-refractivity contribution in [3.8, 4) is 5.75 Å². The van der Waals surface area contributed by atoms with Crippen LogP contribution in [-0.4, -0.2) is 40.9 Å². The first kappa shape index (κ1) is 20.0. The molecule has 6 nitrogen and oxygen atoms in total. The van der Waals surface area contributed by atoms with Crippen molar-refractivity contribution < 1.29 is 14.3 Å². The lowest BCUT2D eigenvalue weighted by atomic mass is 10.1. The summed E-state index contributed by atoms with van der Waals surface area (Å²) in [7, 11) is 0. The fourth-order valence-electron chi connectivity index (χ4n) is 4.02. The van der Waals surface area contributed by atoms with Crippen LogP contribution in [0.2, 0.25) is 5.02 Å². The molecule has 0 atom stereocenters. The number of hydrogen-bond acceptors (Lipinski definition) is 5. The number of nitrogens with zero attached hydrogens (tertiary/aromatic N) is 3. The number of hydrogen-bond donors (Lipinski definition) is 0. The Kier molecular flexibility index (Phi) is 5.38. The summed E-state index contributed by atoms with van der Waals surface area (Å²) in [5.74, 6) is 0.690. The zero-order valence-electron chi connectivity index (χ0n) is 16.7. The second-order valence-electron chi connectivity index (χ2n) is 7.60. The third-order valence-corrected chi connectivity index (χ3v) is 7.05. The zero-order chi connectivity index (χ0) is 21.4. The number of benzene rings is 1. The third-order valence-electron chi connectivity index (χ3n) is 5.64. The van der Waals surface area contributed by atoms with Crippen molar-refractivity contribution in [1.82, 2.24) is 9.88 Å². The molecule has 0 radical (unpaired) electrons. The molecule has 1 fully saturated rings. The number of fused-ring (bicyclic) bond motifs is 1. The summed E-state index contributed by atoms with van der Waals surface area (Å²) in [4.78, 5) is 34.0. The zero-order valence-corrected chi connectivity index (χ0v) is 18.2. The number of pyridine rings is 1. The van der Waals surface area contributed by atoms with Crippen molar-refractivity contribution in [3.05, 3.63) is 75.9 Å². The summed E-state index contributed by atoms with van der Waals surface area (Å²) in [6.45, 7) is 1.76. The highest BCUT2D eigenvalue weighted by molar-refractivity contribution is 7.18. The number of carbonyl (C=O) groups is 2. The Morgan fingerprint density at radius 3 is 2.61 bits per heavy atom. The summed E-state index contributed by atoms with van der Waals surface area (Å²) in [6.07, 6.45) is 5.07. The van der Waals surface area contributed by atoms with Gasteiger partial charge in [-0.25, -0.2) is 0 Å². The summed E-state index contributed by atoms with van der Waals surface area (Å²) in [5, 5.41) is 1.23. The molecule has 3 aromatic rings. The van der Waals surface area contributed by atoms with E-state index in [0.29, 0.717) is 35.1 Å². The molecule has 2 aliphatic rings. The Morgan fingerprint density at radius 2 is 1.87 bits per heavy atom. The van der Waals surface area contributed by atoms with E-state index in [4.69, 9.17) is 16.3 Å². The van der Waals surface area contributed by atoms with Gasteiger partial charge in [-0.15, -0.1) is 11.3 Å². The first-order chi connectivity index (χ1) is 15.1. The van der Waals surface area contributed by atoms with E-state index >= 15 is 0 Å². The predicted molar refractivity (Wildman–Crippen MR) is 120 cm³/mol. The minimum Gasteiger partial charge on any atom is -0.490 e. The summed E-state index contributed by atoms with van der Waals surface area (Å²) in [5.41, 5.74) is 1.47. The van der Waals surface area contributed by atoms with E-state index < -0.39 is 0 Å². The van der Waals surface area contributed by atoms with Crippen LogP contribution in [0.1, 0.15) is 38.4 Å². The first-order valence-corrected chi connectivity index (χ1v) is 11.3. The van der Waals surface area contributed by atoms with Crippen LogP contribution in [0.15, 0.2) is 54.9 Å². The highest BCUT2D eigenvalue weighted by atomic mass is 35.5. The summed E-state index contributed by atoms with van der Waals surface area (Å²) >= 11 is 7.57. The highest BCUT2D eigenvalue weighted by Gasteiger charge is 2.32. The molecule has 2 aliphatic heterocycles. The van der Waals surface area contributed by atoms with Crippen molar-refractivity contribution in [2.75, 3.05) is 18.0 Å². The van der Waals surface area contributed by atoms with Gasteiger partial charge in [0.05, 0.1) is 27.0 Å². The van der Waals surface area contributed by atoms with Gasteiger partial charge in [-0.05, 0) is 35.9 Å². The number of amides is 2. The lowest BCUT2D eigenvalue weighted by Gasteiger charge is -2.32. The quantitative estimate of drug-likeness (QED) is 0.577. The molecule has 158 valence electrons. The van der Waals surface area contributed by atoms with Crippen molar-refractivity contribution >= 4 is 39.8 Å². The molecule has 0 aliphatic carbocycles. The minimum absolute atomic E-state index is 0.000744. The van der Waals surface area contributed by atoms with E-state index in [1.807, 2.05) is 35.2 Å². The van der Waals surface area contributed by atoms with Crippen LogP contribution in [-0.2, 0) is 6.54 Å². The molecule has 2 amide bonds. The number of likely N-dealkylation sites (tertiary alicyclic amines) is 1. The monoisotopic (exact) mass is 453 g/mol. The van der Waals surface area contributed by atoms with Gasteiger partial charge in [-0.2, -0.15) is 0 Å². The predicted octanol–water partition coefficient (Wildman–Crippen LogP) is 4.64. The van der Waals surface area contributed by atoms with Gasteiger partial charge in [0.1, 0.15) is 11.9 Å². The average molecular weight is 454 g/mol. The number of piperidine rings is 1. The molecule has 0 unspecified atom stereocenters. The second-order valence-corrected chi connectivity index (χ2v) is 9.06. The van der Waals surface area contributed by atoms with Crippen molar-refractivity contribution in [2.24, 2.45) is 0 Å². The van der Waals surface area contributed by atoms with Gasteiger partial charge in [0.25, 0.3) is 11.8 Å². The van der Waals surface area contributed by atoms with Gasteiger partial charge < -0.3 is 9.64 Å². The molecule has 0 N–H and O–H groups in total. The van der Waals surface area contributed by atoms with Crippen molar-refractivity contribution in [1.29, 1.82) is 0 Å². The van der Waals surface area contributed by atoms with Crippen LogP contribution >= 0.6 is 22.9 Å². The van der Waals surface area contributed by atoms with E-state index in [1.165, 1.54) is 11.3 Å². The van der Waals surface area contributed by atoms with E-state index in [2.05, 4.69) is 4.98 Å². The van der Waals surface area contributed by atoms with Gasteiger partial charge in [0, 0.05) is 38.3 Å². The molecular formula is C23H20ClN3O3S. The minimum atomic E-state index is -0.115. The molecule has 31 heavy (non-hydrogen) atoms. The normalized spacial score (nSPS) is 16.5. The molecule has 1 aromatic carbocycles. The Morgan fingerprint density at radius 1 is 1.10 bits per heavy atom. The molecule has 8 heteroatoms. The maximum atomic E-state index is 13.0. The molecule has 0 saturated carbocycles. The Labute approximate surface area is 189 Å². The van der Waals surface area contributed by atoms with Gasteiger partial charge in [0.2, 0.25) is 0 Å². The van der Waals surface area contributed by atoms with E-state index in [-0.39, 0.29) is 17.9 Å². The standard InChI is InChI=1S/C23H20ClN3O3S/c24-18-3-1-2-15-14-27(23(29)21(15)18)20-5-4-19(31-20)22(28)26-12-8-17(9-13-26)30-16-6-10-25-11-7-16/h1-7,10-11,17H,8-9,12-14H2. The summed E-state index contributed by atoms with van der Waals surface area (Å²) < 4.78 is 5.98. The molecule has 0 bridgehead atoms. The van der Waals surface area contributed by atoms with Crippen LogP contribution in [0, 0.1) is 0 Å². The van der Waals surface area contributed by atoms with E-state index in [0.717, 1.165) is 29.2 Å². The largest absolute Gasteiger partial charge is 0.490 e. The average Bonchev–Trinajstić information content (AvgIpc) is 3.40. The SMILES string of the molecule is O=C(c1ccc(N2Cc3cccc(Cl)c3C2=O)s1)N1CCC(Oc2ccncc2)CC1. The molecule has 5 rings (SSSR count). The topological polar surface area (TPSA) is 62.7 Å². The Balaban J connectivity index is 1.22. The molecule has 0 spiro atoms. The van der Waals surface area contributed by atoms with Gasteiger partial charge in [-0.3, -0.25) is 19.5 Å². The second kappa shape index (κ2) is 8.32. The Hall–Kier alpha value is -2.90. The fraction of sp³-hybridized carbons (Fsp3) is 0.261. The highest BCUT2D eigenvalue weighted by Crippen LogP contribution is 2.36. The third kappa shape index (κ3) is 3.91. The lowest BCUT2D eigenvalue weighted by molar-refractivity contribution is 0.0600. The fourth-order valence-corrected chi connectivity index (χ4v) is 5.27. The number of ether oxygens (including phenoxy) is 1. The number of halogens is 1. The maximum Gasteiger partial charge on any atom is 0.264 e. The van der Waals surface area contributed by atoms with Crippen LogP contribution in [0.3, 0.4) is 0 Å². The number of anilines is 1. The van der Waals surface area contributed by atoms with E-state index in [9.17, 15) is 9.59 Å². The number of rotatable bonds is 4. The lowest BCUT2D eigenvalue weighted by Crippen LogP contribution is -2.41. The molecule has 1 saturated heterocycles. The van der Waals surface area contributed by atoms with Gasteiger partial charge in [-0.1, -0.05) is 23.7 Å². The molecule has 2 aromatic heterocycles. The number of thiophene rings is 1. The molecular weight excluding hydrogens is 434 g/mol. The summed E-state index contributed by atoms with van der Waals surface area (Å²) in [6, 6.07) is 12.8. The maximum absolute atomic E-state index is 13.0. The smallest absolute Gasteiger partial charge is 0.264 e. The van der Waals surface area contributed by atoms with Crippen LogP contribution < -0.4 is 9.64 Å². The number of aromatic nitrogens is 1. The van der Waals surface area contributed by atoms with Crippen molar-refractivity contribution in [2.45, 2.75) is 25.5 Å². The van der Waals surface area contributed by atoms with E-state index in [1.54, 1.807) is 29.4 Å². The number of carbonyl (C=O) groups excluding carboxylic acids is 2. The van der Waals surface area contributed by atoms with Crippen LogP contribution in [0.4, 0.5) is 5.00 Å². The first-order valence-electron chi connectivity index (χ1n) is 10.1. The van der Waals surface area contributed by atoms with Crippen LogP contribution in [0.25, 0.3) is 0 Å². The van der Waals surface area contributed by atoms with Crippen LogP contribution in [0.5, 0.6) is 5.75 Å². The van der Waals surface area contributed by atoms with Crippen molar-refractivity contribution in [3.63, 3.8) is 0 Å².